The van der Waals surface area contributed by atoms with Crippen LogP contribution in [0.4, 0.5) is 13.2 Å². The zero-order valence-electron chi connectivity index (χ0n) is 20.5. The lowest BCUT2D eigenvalue weighted by atomic mass is 10.1. The van der Waals surface area contributed by atoms with Crippen LogP contribution >= 0.6 is 23.4 Å². The number of aliphatic imine (C=N–C) groups is 1. The van der Waals surface area contributed by atoms with Crippen LogP contribution < -0.4 is 10.8 Å². The molecule has 0 bridgehead atoms. The molecule has 0 radical (unpaired) electrons. The summed E-state index contributed by atoms with van der Waals surface area (Å²) in [6.45, 7) is 1.36. The van der Waals surface area contributed by atoms with Crippen molar-refractivity contribution in [2.24, 2.45) is 4.99 Å². The number of fused-ring (bicyclic) bond motifs is 1. The predicted octanol–water partition coefficient (Wildman–Crippen LogP) is 3.68. The normalized spacial score (nSPS) is 19.2. The minimum Gasteiger partial charge on any atom is -0.347 e. The molecule has 3 aromatic rings. The Kier molecular flexibility index (Phi) is 7.67. The number of amides is 2. The maximum absolute atomic E-state index is 13.5. The second kappa shape index (κ2) is 11.0. The summed E-state index contributed by atoms with van der Waals surface area (Å²) in [5, 5.41) is 8.61. The van der Waals surface area contributed by atoms with Gasteiger partial charge >= 0.3 is 6.18 Å². The van der Waals surface area contributed by atoms with Crippen LogP contribution in [-0.4, -0.2) is 64.4 Å². The predicted molar refractivity (Wildman–Crippen MR) is 142 cm³/mol. The number of carbonyl (C=O) groups excluding carboxylic acids is 2. The molecule has 2 aliphatic heterocycles. The maximum atomic E-state index is 13.5. The van der Waals surface area contributed by atoms with Gasteiger partial charge in [-0.1, -0.05) is 23.7 Å². The molecule has 2 amide bonds. The molecule has 1 unspecified atom stereocenters. The monoisotopic (exact) mass is 578 g/mol. The van der Waals surface area contributed by atoms with Crippen LogP contribution in [-0.2, 0) is 27.1 Å². The Bertz CT molecular complexity index is 1510. The Hall–Kier alpha value is -3.39. The standard InChI is InChI=1S/C25H22ClF3N6O3S/c1-38-33-22(36)19-13-34(7-6-30-19)24-32-23(37)21(39-24)9-14-2-5-20-16(8-14)11-31-35(20)12-15-3-4-17(26)10-18(15)25(27,28)29/h2-5,8-11,19,30H,6-7,12-13H2,1H3,(H,33,36). The zero-order chi connectivity index (χ0) is 27.7. The maximum Gasteiger partial charge on any atom is 0.416 e. The van der Waals surface area contributed by atoms with E-state index in [1.807, 2.05) is 4.90 Å². The molecule has 2 aromatic carbocycles. The molecule has 2 aliphatic rings. The largest absolute Gasteiger partial charge is 0.416 e. The van der Waals surface area contributed by atoms with Crippen LogP contribution in [0.15, 0.2) is 52.5 Å². The number of hydroxylamine groups is 1. The van der Waals surface area contributed by atoms with Gasteiger partial charge in [-0.15, -0.1) is 0 Å². The van der Waals surface area contributed by atoms with Gasteiger partial charge < -0.3 is 10.2 Å². The number of hydrogen-bond acceptors (Lipinski definition) is 7. The SMILES string of the molecule is CONC(=O)C1CN(C2=NC(=O)C(=Cc3ccc4c(cnn4Cc4ccc(Cl)cc4C(F)(F)F)c3)S2)CCN1. The van der Waals surface area contributed by atoms with E-state index in [-0.39, 0.29) is 28.9 Å². The third-order valence-electron chi connectivity index (χ3n) is 6.24. The van der Waals surface area contributed by atoms with Crippen molar-refractivity contribution >= 4 is 57.3 Å². The number of hydrogen-bond donors (Lipinski definition) is 2. The summed E-state index contributed by atoms with van der Waals surface area (Å²) < 4.78 is 42.0. The van der Waals surface area contributed by atoms with Crippen LogP contribution in [0.25, 0.3) is 17.0 Å². The van der Waals surface area contributed by atoms with Gasteiger partial charge in [-0.25, -0.2) is 5.48 Å². The van der Waals surface area contributed by atoms with Crippen molar-refractivity contribution in [1.29, 1.82) is 0 Å². The smallest absolute Gasteiger partial charge is 0.347 e. The summed E-state index contributed by atoms with van der Waals surface area (Å²) in [6.07, 6.45) is -1.27. The summed E-state index contributed by atoms with van der Waals surface area (Å²) in [7, 11) is 1.36. The van der Waals surface area contributed by atoms with Crippen molar-refractivity contribution in [2.75, 3.05) is 26.7 Å². The molecule has 1 saturated heterocycles. The Morgan fingerprint density at radius 3 is 2.90 bits per heavy atom. The Morgan fingerprint density at radius 1 is 1.31 bits per heavy atom. The number of amidine groups is 1. The highest BCUT2D eigenvalue weighted by Gasteiger charge is 2.34. The van der Waals surface area contributed by atoms with Crippen molar-refractivity contribution in [3.8, 4) is 0 Å². The highest BCUT2D eigenvalue weighted by Crippen LogP contribution is 2.35. The van der Waals surface area contributed by atoms with Crippen LogP contribution in [0.3, 0.4) is 0 Å². The topological polar surface area (TPSA) is 101 Å². The second-order valence-electron chi connectivity index (χ2n) is 8.85. The van der Waals surface area contributed by atoms with Crippen molar-refractivity contribution < 1.29 is 27.6 Å². The molecule has 3 heterocycles. The lowest BCUT2D eigenvalue weighted by Crippen LogP contribution is -2.57. The van der Waals surface area contributed by atoms with Gasteiger partial charge in [0.25, 0.3) is 11.8 Å². The fraction of sp³-hybridized carbons (Fsp3) is 0.280. The van der Waals surface area contributed by atoms with E-state index in [9.17, 15) is 22.8 Å². The second-order valence-corrected chi connectivity index (χ2v) is 10.3. The number of benzene rings is 2. The molecule has 5 rings (SSSR count). The fourth-order valence-corrected chi connectivity index (χ4v) is 5.51. The number of alkyl halides is 3. The molecule has 0 spiro atoms. The minimum absolute atomic E-state index is 0.00825. The number of nitrogens with zero attached hydrogens (tertiary/aromatic N) is 4. The van der Waals surface area contributed by atoms with E-state index in [1.165, 1.54) is 35.7 Å². The van der Waals surface area contributed by atoms with Crippen molar-refractivity contribution in [3.63, 3.8) is 0 Å². The molecule has 39 heavy (non-hydrogen) atoms. The summed E-state index contributed by atoms with van der Waals surface area (Å²) in [4.78, 5) is 35.9. The first kappa shape index (κ1) is 27.2. The molecule has 0 saturated carbocycles. The van der Waals surface area contributed by atoms with E-state index < -0.39 is 17.8 Å². The van der Waals surface area contributed by atoms with Gasteiger partial charge in [0.1, 0.15) is 6.04 Å². The van der Waals surface area contributed by atoms with Crippen LogP contribution in [0, 0.1) is 0 Å². The number of thioether (sulfide) groups is 1. The summed E-state index contributed by atoms with van der Waals surface area (Å²) >= 11 is 7.02. The summed E-state index contributed by atoms with van der Waals surface area (Å²) in [5.74, 6) is -0.697. The number of halogens is 4. The van der Waals surface area contributed by atoms with Crippen molar-refractivity contribution in [1.82, 2.24) is 25.5 Å². The third kappa shape index (κ3) is 5.96. The number of rotatable bonds is 5. The first-order valence-electron chi connectivity index (χ1n) is 11.8. The molecule has 9 nitrogen and oxygen atoms in total. The van der Waals surface area contributed by atoms with Gasteiger partial charge in [0.15, 0.2) is 5.17 Å². The minimum atomic E-state index is -4.54. The zero-order valence-corrected chi connectivity index (χ0v) is 22.0. The molecular weight excluding hydrogens is 557 g/mol. The first-order chi connectivity index (χ1) is 18.6. The summed E-state index contributed by atoms with van der Waals surface area (Å²) in [6, 6.07) is 8.49. The molecular formula is C25H22ClF3N6O3S. The molecule has 204 valence electrons. The fourth-order valence-electron chi connectivity index (χ4n) is 4.39. The quantitative estimate of drug-likeness (QED) is 0.352. The van der Waals surface area contributed by atoms with E-state index in [4.69, 9.17) is 11.6 Å². The summed E-state index contributed by atoms with van der Waals surface area (Å²) in [5.41, 5.74) is 2.91. The number of carbonyl (C=O) groups is 2. The lowest BCUT2D eigenvalue weighted by molar-refractivity contribution is -0.138. The number of aromatic nitrogens is 2. The number of nitrogens with one attached hydrogen (secondary N) is 2. The van der Waals surface area contributed by atoms with Gasteiger partial charge in [-0.3, -0.25) is 19.1 Å². The van der Waals surface area contributed by atoms with E-state index in [2.05, 4.69) is 25.7 Å². The average Bonchev–Trinajstić information content (AvgIpc) is 3.47. The van der Waals surface area contributed by atoms with E-state index in [0.717, 1.165) is 11.6 Å². The Morgan fingerprint density at radius 2 is 2.13 bits per heavy atom. The van der Waals surface area contributed by atoms with Gasteiger partial charge in [0.2, 0.25) is 0 Å². The van der Waals surface area contributed by atoms with E-state index in [0.29, 0.717) is 40.6 Å². The highest BCUT2D eigenvalue weighted by atomic mass is 35.5. The van der Waals surface area contributed by atoms with Gasteiger partial charge in [-0.2, -0.15) is 23.3 Å². The molecule has 0 aliphatic carbocycles. The highest BCUT2D eigenvalue weighted by molar-refractivity contribution is 8.18. The van der Waals surface area contributed by atoms with Crippen molar-refractivity contribution in [2.45, 2.75) is 18.8 Å². The van der Waals surface area contributed by atoms with Gasteiger partial charge in [-0.05, 0) is 53.2 Å². The van der Waals surface area contributed by atoms with Crippen LogP contribution in [0.1, 0.15) is 16.7 Å². The molecule has 1 atom stereocenters. The first-order valence-corrected chi connectivity index (χ1v) is 13.0. The van der Waals surface area contributed by atoms with Crippen LogP contribution in [0.5, 0.6) is 0 Å². The van der Waals surface area contributed by atoms with Gasteiger partial charge in [0, 0.05) is 30.0 Å². The lowest BCUT2D eigenvalue weighted by Gasteiger charge is -2.33. The molecule has 1 aromatic heterocycles. The third-order valence-corrected chi connectivity index (χ3v) is 7.51. The van der Waals surface area contributed by atoms with E-state index >= 15 is 0 Å². The van der Waals surface area contributed by atoms with E-state index in [1.54, 1.807) is 30.5 Å². The Labute approximate surface area is 230 Å². The molecule has 2 N–H and O–H groups in total. The van der Waals surface area contributed by atoms with Crippen LogP contribution in [0.2, 0.25) is 5.02 Å². The average molecular weight is 579 g/mol. The molecule has 14 heteroatoms. The van der Waals surface area contributed by atoms with Crippen molar-refractivity contribution in [3.05, 3.63) is 69.2 Å². The molecule has 1 fully saturated rings. The number of piperazine rings is 1. The Balaban J connectivity index is 1.32. The van der Waals surface area contributed by atoms with Gasteiger partial charge in [0.05, 0.1) is 35.8 Å².